The minimum absolute atomic E-state index is 0.0155. The summed E-state index contributed by atoms with van der Waals surface area (Å²) in [7, 11) is 0. The van der Waals surface area contributed by atoms with E-state index in [2.05, 4.69) is 16.0 Å². The molecule has 24 heavy (non-hydrogen) atoms. The van der Waals surface area contributed by atoms with Gasteiger partial charge in [0.15, 0.2) is 0 Å². The van der Waals surface area contributed by atoms with Crippen LogP contribution in [0.2, 0.25) is 0 Å². The number of urea groups is 1. The number of piperidine rings is 1. The molecule has 0 bridgehead atoms. The zero-order chi connectivity index (χ0) is 16.7. The molecule has 1 unspecified atom stereocenters. The number of benzene rings is 1. The van der Waals surface area contributed by atoms with Crippen LogP contribution in [0.1, 0.15) is 28.8 Å². The second-order valence-corrected chi connectivity index (χ2v) is 6.72. The Kier molecular flexibility index (Phi) is 3.53. The van der Waals surface area contributed by atoms with E-state index in [4.69, 9.17) is 0 Å². The van der Waals surface area contributed by atoms with Crippen molar-refractivity contribution in [2.45, 2.75) is 24.9 Å². The van der Waals surface area contributed by atoms with Crippen LogP contribution in [-0.2, 0) is 11.3 Å². The third-order valence-electron chi connectivity index (χ3n) is 5.34. The maximum absolute atomic E-state index is 12.7. The molecule has 4 rings (SSSR count). The highest BCUT2D eigenvalue weighted by atomic mass is 16.2. The lowest BCUT2D eigenvalue weighted by atomic mass is 9.77. The standard InChI is InChI=1S/C17H20N4O3/c22-14-13-4-2-1-3-11(13)9-21(14)10-17(12-5-7-18-8-6-12)15(23)19-16(24)20-17/h1-4,12,18H,5-10H2,(H2,19,20,23,24). The topological polar surface area (TPSA) is 90.5 Å². The van der Waals surface area contributed by atoms with Crippen LogP contribution in [0.3, 0.4) is 0 Å². The van der Waals surface area contributed by atoms with Gasteiger partial charge in [0, 0.05) is 12.1 Å². The first-order valence-corrected chi connectivity index (χ1v) is 8.32. The molecule has 3 aliphatic heterocycles. The SMILES string of the molecule is O=C1NC(=O)C(CN2Cc3ccccc3C2=O)(C2CCNCC2)N1. The molecular weight excluding hydrogens is 308 g/mol. The van der Waals surface area contributed by atoms with Crippen LogP contribution in [0, 0.1) is 5.92 Å². The maximum Gasteiger partial charge on any atom is 0.322 e. The normalized spacial score (nSPS) is 27.2. The van der Waals surface area contributed by atoms with Gasteiger partial charge in [0.1, 0.15) is 5.54 Å². The number of nitrogens with zero attached hydrogens (tertiary/aromatic N) is 1. The Bertz CT molecular complexity index is 714. The molecule has 7 heteroatoms. The van der Waals surface area contributed by atoms with Gasteiger partial charge in [0.25, 0.3) is 11.8 Å². The van der Waals surface area contributed by atoms with Gasteiger partial charge in [-0.15, -0.1) is 0 Å². The Morgan fingerprint density at radius 3 is 2.54 bits per heavy atom. The molecule has 3 N–H and O–H groups in total. The minimum Gasteiger partial charge on any atom is -0.331 e. The molecule has 1 aromatic rings. The number of imide groups is 1. The number of carbonyl (C=O) groups is 3. The Morgan fingerprint density at radius 2 is 1.88 bits per heavy atom. The highest BCUT2D eigenvalue weighted by molar-refractivity contribution is 6.08. The predicted octanol–water partition coefficient (Wildman–Crippen LogP) is 0.220. The van der Waals surface area contributed by atoms with Crippen molar-refractivity contribution in [3.63, 3.8) is 0 Å². The fraction of sp³-hybridized carbons (Fsp3) is 0.471. The number of amides is 4. The minimum atomic E-state index is -1.03. The van der Waals surface area contributed by atoms with Crippen molar-refractivity contribution in [1.82, 2.24) is 20.9 Å². The van der Waals surface area contributed by atoms with Crippen LogP contribution < -0.4 is 16.0 Å². The highest BCUT2D eigenvalue weighted by Gasteiger charge is 2.53. The smallest absolute Gasteiger partial charge is 0.322 e. The quantitative estimate of drug-likeness (QED) is 0.693. The summed E-state index contributed by atoms with van der Waals surface area (Å²) >= 11 is 0. The summed E-state index contributed by atoms with van der Waals surface area (Å²) in [5, 5.41) is 8.48. The average Bonchev–Trinajstić information content (AvgIpc) is 3.06. The molecule has 1 aromatic carbocycles. The zero-order valence-corrected chi connectivity index (χ0v) is 13.3. The number of carbonyl (C=O) groups excluding carboxylic acids is 3. The molecule has 3 aliphatic rings. The lowest BCUT2D eigenvalue weighted by Gasteiger charge is -2.39. The number of hydrogen-bond donors (Lipinski definition) is 3. The second kappa shape index (κ2) is 5.59. The van der Waals surface area contributed by atoms with Crippen molar-refractivity contribution in [2.75, 3.05) is 19.6 Å². The van der Waals surface area contributed by atoms with Gasteiger partial charge < -0.3 is 15.5 Å². The summed E-state index contributed by atoms with van der Waals surface area (Å²) in [5.41, 5.74) is 0.618. The molecule has 0 aliphatic carbocycles. The summed E-state index contributed by atoms with van der Waals surface area (Å²) in [6, 6.07) is 7.01. The van der Waals surface area contributed by atoms with Crippen molar-refractivity contribution >= 4 is 17.8 Å². The first-order chi connectivity index (χ1) is 11.6. The van der Waals surface area contributed by atoms with Crippen molar-refractivity contribution in [1.29, 1.82) is 0 Å². The van der Waals surface area contributed by atoms with Gasteiger partial charge in [-0.3, -0.25) is 14.9 Å². The first kappa shape index (κ1) is 15.1. The van der Waals surface area contributed by atoms with Crippen molar-refractivity contribution in [3.8, 4) is 0 Å². The summed E-state index contributed by atoms with van der Waals surface area (Å²) < 4.78 is 0. The van der Waals surface area contributed by atoms with Crippen molar-refractivity contribution in [3.05, 3.63) is 35.4 Å². The van der Waals surface area contributed by atoms with E-state index in [1.807, 2.05) is 24.3 Å². The van der Waals surface area contributed by atoms with Crippen LogP contribution in [0.15, 0.2) is 24.3 Å². The molecule has 0 aromatic heterocycles. The molecule has 4 amide bonds. The molecule has 3 heterocycles. The van der Waals surface area contributed by atoms with E-state index in [0.717, 1.165) is 31.5 Å². The number of rotatable bonds is 3. The van der Waals surface area contributed by atoms with E-state index in [1.54, 1.807) is 4.90 Å². The van der Waals surface area contributed by atoms with Crippen molar-refractivity contribution < 1.29 is 14.4 Å². The van der Waals surface area contributed by atoms with E-state index in [0.29, 0.717) is 12.1 Å². The average molecular weight is 328 g/mol. The summed E-state index contributed by atoms with van der Waals surface area (Å²) in [5.74, 6) is -0.377. The first-order valence-electron chi connectivity index (χ1n) is 8.32. The van der Waals surface area contributed by atoms with Gasteiger partial charge >= 0.3 is 6.03 Å². The Hall–Kier alpha value is -2.41. The largest absolute Gasteiger partial charge is 0.331 e. The van der Waals surface area contributed by atoms with Gasteiger partial charge in [-0.1, -0.05) is 18.2 Å². The molecule has 126 valence electrons. The molecule has 2 fully saturated rings. The molecule has 1 atom stereocenters. The Labute approximate surface area is 139 Å². The van der Waals surface area contributed by atoms with Gasteiger partial charge in [-0.2, -0.15) is 0 Å². The van der Waals surface area contributed by atoms with Crippen LogP contribution in [0.5, 0.6) is 0 Å². The van der Waals surface area contributed by atoms with Gasteiger partial charge in [0.05, 0.1) is 6.54 Å². The summed E-state index contributed by atoms with van der Waals surface area (Å²) in [4.78, 5) is 38.8. The van der Waals surface area contributed by atoms with E-state index in [9.17, 15) is 14.4 Å². The van der Waals surface area contributed by atoms with Gasteiger partial charge in [-0.25, -0.2) is 4.79 Å². The van der Waals surface area contributed by atoms with E-state index in [-0.39, 0.29) is 24.3 Å². The third kappa shape index (κ3) is 2.27. The van der Waals surface area contributed by atoms with E-state index < -0.39 is 11.6 Å². The Morgan fingerprint density at radius 1 is 1.12 bits per heavy atom. The second-order valence-electron chi connectivity index (χ2n) is 6.72. The summed E-state index contributed by atoms with van der Waals surface area (Å²) in [6.45, 7) is 2.31. The molecule has 0 spiro atoms. The van der Waals surface area contributed by atoms with Crippen LogP contribution in [0.25, 0.3) is 0 Å². The lowest BCUT2D eigenvalue weighted by Crippen LogP contribution is -2.61. The van der Waals surface area contributed by atoms with Gasteiger partial charge in [-0.05, 0) is 43.5 Å². The summed E-state index contributed by atoms with van der Waals surface area (Å²) in [6.07, 6.45) is 1.59. The molecule has 7 nitrogen and oxygen atoms in total. The fourth-order valence-corrected chi connectivity index (χ4v) is 4.09. The lowest BCUT2D eigenvalue weighted by molar-refractivity contribution is -0.127. The molecule has 2 saturated heterocycles. The van der Waals surface area contributed by atoms with Crippen LogP contribution >= 0.6 is 0 Å². The molecule has 0 saturated carbocycles. The number of fused-ring (bicyclic) bond motifs is 1. The zero-order valence-electron chi connectivity index (χ0n) is 13.3. The van der Waals surface area contributed by atoms with E-state index in [1.165, 1.54) is 0 Å². The fourth-order valence-electron chi connectivity index (χ4n) is 4.09. The number of nitrogens with one attached hydrogen (secondary N) is 3. The monoisotopic (exact) mass is 328 g/mol. The van der Waals surface area contributed by atoms with Crippen molar-refractivity contribution in [2.24, 2.45) is 5.92 Å². The predicted molar refractivity (Wildman–Crippen MR) is 86.2 cm³/mol. The molecule has 0 radical (unpaired) electrons. The third-order valence-corrected chi connectivity index (χ3v) is 5.34. The molecular formula is C17H20N4O3. The maximum atomic E-state index is 12.7. The van der Waals surface area contributed by atoms with Crippen LogP contribution in [0.4, 0.5) is 4.79 Å². The highest BCUT2D eigenvalue weighted by Crippen LogP contribution is 2.32. The Balaban J connectivity index is 1.63. The number of hydrogen-bond acceptors (Lipinski definition) is 4. The van der Waals surface area contributed by atoms with E-state index >= 15 is 0 Å². The van der Waals surface area contributed by atoms with Gasteiger partial charge in [0.2, 0.25) is 0 Å². The van der Waals surface area contributed by atoms with Crippen LogP contribution in [-0.4, -0.2) is 47.9 Å².